The number of likely N-dealkylation sites (tertiary alicyclic amines) is 1. The molecule has 6 heteroatoms. The minimum Gasteiger partial charge on any atom is -0.493 e. The SMILES string of the molecule is COc1ccc(C2C3CCCCC3(O)CCN2C(C)=O)c(OC)c1OC. The molecule has 1 heterocycles. The van der Waals surface area contributed by atoms with Crippen molar-refractivity contribution < 1.29 is 24.1 Å². The third-order valence-corrected chi connectivity index (χ3v) is 6.03. The topological polar surface area (TPSA) is 68.2 Å². The Bertz CT molecular complexity index is 676. The second kappa shape index (κ2) is 7.35. The number of rotatable bonds is 4. The number of carbonyl (C=O) groups excluding carboxylic acids is 1. The van der Waals surface area contributed by atoms with E-state index in [4.69, 9.17) is 14.2 Å². The maximum Gasteiger partial charge on any atom is 0.219 e. The van der Waals surface area contributed by atoms with Gasteiger partial charge in [0.05, 0.1) is 33.0 Å². The average molecular weight is 363 g/mol. The monoisotopic (exact) mass is 363 g/mol. The third-order valence-electron chi connectivity index (χ3n) is 6.03. The fourth-order valence-corrected chi connectivity index (χ4v) is 4.78. The number of nitrogens with zero attached hydrogens (tertiary/aromatic N) is 1. The molecule has 2 fully saturated rings. The molecule has 1 aliphatic heterocycles. The molecule has 3 rings (SSSR count). The zero-order valence-corrected chi connectivity index (χ0v) is 16.1. The Hall–Kier alpha value is -1.95. The highest BCUT2D eigenvalue weighted by molar-refractivity contribution is 5.74. The van der Waals surface area contributed by atoms with Crippen LogP contribution in [-0.4, -0.2) is 49.4 Å². The second-order valence-electron chi connectivity index (χ2n) is 7.29. The molecule has 0 bridgehead atoms. The number of benzene rings is 1. The van der Waals surface area contributed by atoms with Gasteiger partial charge in [-0.3, -0.25) is 4.79 Å². The first kappa shape index (κ1) is 18.8. The summed E-state index contributed by atoms with van der Waals surface area (Å²) in [5, 5.41) is 11.3. The molecule has 26 heavy (non-hydrogen) atoms. The van der Waals surface area contributed by atoms with E-state index in [1.165, 1.54) is 0 Å². The lowest BCUT2D eigenvalue weighted by Gasteiger charge is -2.52. The van der Waals surface area contributed by atoms with Gasteiger partial charge in [0.2, 0.25) is 11.7 Å². The maximum atomic E-state index is 12.4. The Morgan fingerprint density at radius 1 is 1.12 bits per heavy atom. The molecular weight excluding hydrogens is 334 g/mol. The van der Waals surface area contributed by atoms with E-state index in [0.29, 0.717) is 30.2 Å². The highest BCUT2D eigenvalue weighted by atomic mass is 16.5. The molecule has 6 nitrogen and oxygen atoms in total. The molecule has 1 aromatic carbocycles. The van der Waals surface area contributed by atoms with Crippen LogP contribution in [0.2, 0.25) is 0 Å². The van der Waals surface area contributed by atoms with Crippen molar-refractivity contribution in [3.8, 4) is 17.2 Å². The number of aliphatic hydroxyl groups is 1. The number of ether oxygens (including phenoxy) is 3. The lowest BCUT2D eigenvalue weighted by atomic mass is 9.66. The fraction of sp³-hybridized carbons (Fsp3) is 0.650. The van der Waals surface area contributed by atoms with Crippen LogP contribution in [0.1, 0.15) is 50.6 Å². The molecular formula is C20H29NO5. The van der Waals surface area contributed by atoms with Gasteiger partial charge < -0.3 is 24.2 Å². The molecule has 0 spiro atoms. The molecule has 0 aromatic heterocycles. The molecule has 3 unspecified atom stereocenters. The van der Waals surface area contributed by atoms with Gasteiger partial charge in [-0.1, -0.05) is 12.8 Å². The predicted octanol–water partition coefficient (Wildman–Crippen LogP) is 2.93. The molecule has 1 aliphatic carbocycles. The van der Waals surface area contributed by atoms with Crippen LogP contribution in [0.3, 0.4) is 0 Å². The van der Waals surface area contributed by atoms with Gasteiger partial charge in [0, 0.05) is 24.9 Å². The summed E-state index contributed by atoms with van der Waals surface area (Å²) < 4.78 is 16.6. The van der Waals surface area contributed by atoms with Crippen LogP contribution in [0, 0.1) is 5.92 Å². The zero-order chi connectivity index (χ0) is 18.9. The van der Waals surface area contributed by atoms with Crippen LogP contribution in [0.4, 0.5) is 0 Å². The van der Waals surface area contributed by atoms with E-state index in [2.05, 4.69) is 0 Å². The van der Waals surface area contributed by atoms with E-state index in [0.717, 1.165) is 31.2 Å². The van der Waals surface area contributed by atoms with Crippen LogP contribution in [-0.2, 0) is 4.79 Å². The van der Waals surface area contributed by atoms with Gasteiger partial charge in [-0.05, 0) is 31.4 Å². The van der Waals surface area contributed by atoms with Crippen molar-refractivity contribution >= 4 is 5.91 Å². The highest BCUT2D eigenvalue weighted by Crippen LogP contribution is 2.53. The summed E-state index contributed by atoms with van der Waals surface area (Å²) in [6, 6.07) is 3.54. The third kappa shape index (κ3) is 3.00. The van der Waals surface area contributed by atoms with Crippen molar-refractivity contribution in [1.29, 1.82) is 0 Å². The van der Waals surface area contributed by atoms with E-state index < -0.39 is 5.60 Å². The number of amides is 1. The summed E-state index contributed by atoms with van der Waals surface area (Å²) in [7, 11) is 4.75. The quantitative estimate of drug-likeness (QED) is 0.891. The van der Waals surface area contributed by atoms with Crippen LogP contribution >= 0.6 is 0 Å². The van der Waals surface area contributed by atoms with Gasteiger partial charge in [-0.25, -0.2) is 0 Å². The fourth-order valence-electron chi connectivity index (χ4n) is 4.78. The molecule has 144 valence electrons. The molecule has 2 aliphatic rings. The average Bonchev–Trinajstić information content (AvgIpc) is 2.65. The molecule has 1 saturated carbocycles. The number of fused-ring (bicyclic) bond motifs is 1. The predicted molar refractivity (Wildman–Crippen MR) is 97.8 cm³/mol. The van der Waals surface area contributed by atoms with Crippen molar-refractivity contribution in [2.45, 2.75) is 50.7 Å². The van der Waals surface area contributed by atoms with Gasteiger partial charge in [-0.15, -0.1) is 0 Å². The van der Waals surface area contributed by atoms with Crippen LogP contribution < -0.4 is 14.2 Å². The largest absolute Gasteiger partial charge is 0.493 e. The molecule has 1 amide bonds. The molecule has 1 N–H and O–H groups in total. The summed E-state index contributed by atoms with van der Waals surface area (Å²) in [5.41, 5.74) is 0.137. The number of hydrogen-bond acceptors (Lipinski definition) is 5. The van der Waals surface area contributed by atoms with E-state index in [1.807, 2.05) is 17.0 Å². The second-order valence-corrected chi connectivity index (χ2v) is 7.29. The Kier molecular flexibility index (Phi) is 5.32. The van der Waals surface area contributed by atoms with Crippen LogP contribution in [0.15, 0.2) is 12.1 Å². The van der Waals surface area contributed by atoms with Crippen molar-refractivity contribution in [3.05, 3.63) is 17.7 Å². The van der Waals surface area contributed by atoms with E-state index in [1.54, 1.807) is 28.3 Å². The summed E-state index contributed by atoms with van der Waals surface area (Å²) in [6.07, 6.45) is 4.40. The van der Waals surface area contributed by atoms with Gasteiger partial charge in [0.25, 0.3) is 0 Å². The van der Waals surface area contributed by atoms with E-state index in [-0.39, 0.29) is 17.9 Å². The smallest absolute Gasteiger partial charge is 0.219 e. The van der Waals surface area contributed by atoms with Gasteiger partial charge in [-0.2, -0.15) is 0 Å². The number of methoxy groups -OCH3 is 3. The minimum atomic E-state index is -0.729. The summed E-state index contributed by atoms with van der Waals surface area (Å²) >= 11 is 0. The molecule has 0 radical (unpaired) electrons. The van der Waals surface area contributed by atoms with E-state index >= 15 is 0 Å². The summed E-state index contributed by atoms with van der Waals surface area (Å²) in [5.74, 6) is 1.66. The first-order chi connectivity index (χ1) is 12.5. The summed E-state index contributed by atoms with van der Waals surface area (Å²) in [4.78, 5) is 14.3. The number of carbonyl (C=O) groups is 1. The molecule has 1 aromatic rings. The minimum absolute atomic E-state index is 0.0131. The van der Waals surface area contributed by atoms with Gasteiger partial charge >= 0.3 is 0 Å². The van der Waals surface area contributed by atoms with Crippen molar-refractivity contribution in [2.75, 3.05) is 27.9 Å². The normalized spacial score (nSPS) is 28.3. The molecule has 3 atom stereocenters. The first-order valence-corrected chi connectivity index (χ1v) is 9.25. The highest BCUT2D eigenvalue weighted by Gasteiger charge is 2.50. The lowest BCUT2D eigenvalue weighted by Crippen LogP contribution is -2.55. The Morgan fingerprint density at radius 2 is 1.85 bits per heavy atom. The number of piperidine rings is 1. The molecule has 1 saturated heterocycles. The van der Waals surface area contributed by atoms with Crippen LogP contribution in [0.5, 0.6) is 17.2 Å². The standard InChI is InChI=1S/C20H29NO5/c1-13(22)21-12-11-20(23)10-6-5-7-15(20)17(21)14-8-9-16(24-2)19(26-4)18(14)25-3/h8-9,15,17,23H,5-7,10-12H2,1-4H3. The van der Waals surface area contributed by atoms with Crippen molar-refractivity contribution in [1.82, 2.24) is 4.90 Å². The van der Waals surface area contributed by atoms with Crippen LogP contribution in [0.25, 0.3) is 0 Å². The Morgan fingerprint density at radius 3 is 2.46 bits per heavy atom. The first-order valence-electron chi connectivity index (χ1n) is 9.25. The Labute approximate surface area is 155 Å². The maximum absolute atomic E-state index is 12.4. The van der Waals surface area contributed by atoms with Gasteiger partial charge in [0.1, 0.15) is 0 Å². The summed E-state index contributed by atoms with van der Waals surface area (Å²) in [6.45, 7) is 2.14. The Balaban J connectivity index is 2.15. The van der Waals surface area contributed by atoms with Gasteiger partial charge in [0.15, 0.2) is 11.5 Å². The van der Waals surface area contributed by atoms with E-state index in [9.17, 15) is 9.90 Å². The zero-order valence-electron chi connectivity index (χ0n) is 16.1. The van der Waals surface area contributed by atoms with Crippen molar-refractivity contribution in [3.63, 3.8) is 0 Å². The lowest BCUT2D eigenvalue weighted by molar-refractivity contribution is -0.153. The number of hydrogen-bond donors (Lipinski definition) is 1. The van der Waals surface area contributed by atoms with Crippen molar-refractivity contribution in [2.24, 2.45) is 5.92 Å².